The van der Waals surface area contributed by atoms with Crippen molar-refractivity contribution in [3.05, 3.63) is 41.5 Å². The van der Waals surface area contributed by atoms with E-state index >= 15 is 0 Å². The number of hydrogen-bond acceptors (Lipinski definition) is 3. The molecule has 1 heterocycles. The van der Waals surface area contributed by atoms with E-state index in [1.54, 1.807) is 0 Å². The van der Waals surface area contributed by atoms with Crippen molar-refractivity contribution in [3.63, 3.8) is 0 Å². The first kappa shape index (κ1) is 17.0. The average molecular weight is 341 g/mol. The number of piperidine rings is 1. The molecule has 1 saturated carbocycles. The second kappa shape index (κ2) is 7.05. The molecular formula is C22H31NO2. The van der Waals surface area contributed by atoms with E-state index in [4.69, 9.17) is 0 Å². The zero-order chi connectivity index (χ0) is 17.3. The summed E-state index contributed by atoms with van der Waals surface area (Å²) in [4.78, 5) is 14.9. The molecule has 2 fully saturated rings. The summed E-state index contributed by atoms with van der Waals surface area (Å²) in [5, 5.41) is 9.35. The third kappa shape index (κ3) is 3.09. The lowest BCUT2D eigenvalue weighted by Crippen LogP contribution is -2.45. The van der Waals surface area contributed by atoms with Gasteiger partial charge in [0.15, 0.2) is 5.78 Å². The Morgan fingerprint density at radius 3 is 2.48 bits per heavy atom. The molecule has 0 amide bonds. The first-order valence-corrected chi connectivity index (χ1v) is 9.94. The number of carbonyl (C=O) groups excluding carboxylic acids is 1. The summed E-state index contributed by atoms with van der Waals surface area (Å²) in [7, 11) is 0. The Morgan fingerprint density at radius 2 is 1.80 bits per heavy atom. The Morgan fingerprint density at radius 1 is 1.12 bits per heavy atom. The number of hydrogen-bond donors (Lipinski definition) is 1. The molecule has 3 nitrogen and oxygen atoms in total. The van der Waals surface area contributed by atoms with E-state index in [1.807, 2.05) is 12.1 Å². The van der Waals surface area contributed by atoms with Crippen LogP contribution in [0.5, 0.6) is 0 Å². The summed E-state index contributed by atoms with van der Waals surface area (Å²) in [6.07, 6.45) is 12.6. The van der Waals surface area contributed by atoms with Crippen LogP contribution in [-0.2, 0) is 10.2 Å². The van der Waals surface area contributed by atoms with Crippen molar-refractivity contribution in [1.82, 2.24) is 4.90 Å². The molecule has 1 N–H and O–H groups in total. The first-order valence-electron chi connectivity index (χ1n) is 9.94. The Kier molecular flexibility index (Phi) is 4.79. The summed E-state index contributed by atoms with van der Waals surface area (Å²) in [6, 6.07) is 9.07. The fourth-order valence-corrected chi connectivity index (χ4v) is 5.22. The van der Waals surface area contributed by atoms with E-state index in [0.29, 0.717) is 0 Å². The molecule has 0 bridgehead atoms. The molecule has 0 aromatic heterocycles. The summed E-state index contributed by atoms with van der Waals surface area (Å²) >= 11 is 0. The van der Waals surface area contributed by atoms with Crippen molar-refractivity contribution in [3.8, 4) is 0 Å². The van der Waals surface area contributed by atoms with E-state index in [9.17, 15) is 9.90 Å². The van der Waals surface area contributed by atoms with Crippen LogP contribution in [-0.4, -0.2) is 41.5 Å². The maximum Gasteiger partial charge on any atom is 0.188 e. The number of ketones is 1. The van der Waals surface area contributed by atoms with Crippen LogP contribution in [0, 0.1) is 0 Å². The Balaban J connectivity index is 0.00000196. The smallest absolute Gasteiger partial charge is 0.188 e. The normalized spacial score (nSPS) is 24.0. The van der Waals surface area contributed by atoms with E-state index in [1.165, 1.54) is 44.1 Å². The van der Waals surface area contributed by atoms with Crippen molar-refractivity contribution in [1.29, 1.82) is 0 Å². The first-order chi connectivity index (χ1) is 12.2. The molecule has 4 rings (SSSR count). The molecule has 0 atom stereocenters. The molecule has 3 heteroatoms. The lowest BCUT2D eigenvalue weighted by molar-refractivity contribution is -0.116. The van der Waals surface area contributed by atoms with Crippen LogP contribution in [0.1, 0.15) is 63.9 Å². The molecule has 0 unspecified atom stereocenters. The Labute approximate surface area is 152 Å². The Bertz CT molecular complexity index is 668. The third-order valence-electron chi connectivity index (χ3n) is 6.65. The number of benzene rings is 1. The number of likely N-dealkylation sites (tertiary alicyclic amines) is 1. The highest BCUT2D eigenvalue weighted by Crippen LogP contribution is 2.47. The van der Waals surface area contributed by atoms with Gasteiger partial charge in [-0.05, 0) is 49.9 Å². The van der Waals surface area contributed by atoms with Gasteiger partial charge >= 0.3 is 0 Å². The maximum atomic E-state index is 12.2. The zero-order valence-corrected chi connectivity index (χ0v) is 15.0. The van der Waals surface area contributed by atoms with Crippen LogP contribution >= 0.6 is 0 Å². The lowest BCUT2D eigenvalue weighted by atomic mass is 9.74. The average Bonchev–Trinajstić information content (AvgIpc) is 2.82. The minimum atomic E-state index is -0.398. The number of aliphatic hydroxyl groups is 1. The Hall–Kier alpha value is -1.45. The van der Waals surface area contributed by atoms with Gasteiger partial charge in [0.2, 0.25) is 0 Å². The number of allylic oxidation sites excluding steroid dienone is 1. The van der Waals surface area contributed by atoms with Crippen molar-refractivity contribution in [2.75, 3.05) is 19.7 Å². The number of aliphatic hydroxyl groups excluding tert-OH is 1. The van der Waals surface area contributed by atoms with Gasteiger partial charge in [-0.1, -0.05) is 56.0 Å². The minimum absolute atomic E-state index is 0. The number of fused-ring (bicyclic) bond motifs is 2. The fourth-order valence-electron chi connectivity index (χ4n) is 5.22. The molecule has 2 aliphatic carbocycles. The molecule has 3 aliphatic rings. The standard InChI is InChI=1S/C22H29NO2.H2/c24-16-21(25)19-15-22(20-10-6-5-9-18(19)20)11-13-23(14-12-22)17-7-3-1-2-4-8-17;/h5-6,9-10,15,17,24H,1-4,7-8,11-14,16H2;1H. The van der Waals surface area contributed by atoms with Gasteiger partial charge in [0, 0.05) is 18.5 Å². The topological polar surface area (TPSA) is 40.5 Å². The van der Waals surface area contributed by atoms with Crippen molar-refractivity contribution < 1.29 is 11.3 Å². The van der Waals surface area contributed by atoms with Crippen LogP contribution in [0.2, 0.25) is 0 Å². The van der Waals surface area contributed by atoms with Gasteiger partial charge in [-0.15, -0.1) is 0 Å². The van der Waals surface area contributed by atoms with Gasteiger partial charge in [-0.3, -0.25) is 4.79 Å². The fraction of sp³-hybridized carbons (Fsp3) is 0.591. The van der Waals surface area contributed by atoms with Gasteiger partial charge in [-0.25, -0.2) is 0 Å². The number of carbonyl (C=O) groups is 1. The summed E-state index contributed by atoms with van der Waals surface area (Å²) in [5.74, 6) is -0.143. The quantitative estimate of drug-likeness (QED) is 0.847. The van der Waals surface area contributed by atoms with Crippen LogP contribution in [0.25, 0.3) is 5.57 Å². The van der Waals surface area contributed by atoms with Crippen LogP contribution in [0.3, 0.4) is 0 Å². The maximum absolute atomic E-state index is 12.2. The highest BCUT2D eigenvalue weighted by Gasteiger charge is 2.42. The largest absolute Gasteiger partial charge is 0.388 e. The minimum Gasteiger partial charge on any atom is -0.388 e. The molecule has 1 spiro atoms. The van der Waals surface area contributed by atoms with E-state index in [0.717, 1.165) is 43.1 Å². The summed E-state index contributed by atoms with van der Waals surface area (Å²) in [5.41, 5.74) is 3.08. The zero-order valence-electron chi connectivity index (χ0n) is 15.0. The molecule has 136 valence electrons. The van der Waals surface area contributed by atoms with Crippen LogP contribution in [0.15, 0.2) is 30.3 Å². The van der Waals surface area contributed by atoms with Gasteiger partial charge in [0.25, 0.3) is 0 Å². The van der Waals surface area contributed by atoms with Gasteiger partial charge < -0.3 is 10.0 Å². The lowest BCUT2D eigenvalue weighted by Gasteiger charge is -2.42. The van der Waals surface area contributed by atoms with Crippen molar-refractivity contribution in [2.45, 2.75) is 62.8 Å². The van der Waals surface area contributed by atoms with Crippen molar-refractivity contribution in [2.24, 2.45) is 0 Å². The van der Waals surface area contributed by atoms with Crippen LogP contribution < -0.4 is 0 Å². The number of nitrogens with zero attached hydrogens (tertiary/aromatic N) is 1. The highest BCUT2D eigenvalue weighted by molar-refractivity contribution is 6.23. The monoisotopic (exact) mass is 341 g/mol. The summed E-state index contributed by atoms with van der Waals surface area (Å²) < 4.78 is 0. The highest BCUT2D eigenvalue weighted by atomic mass is 16.3. The molecule has 1 aromatic carbocycles. The second-order valence-corrected chi connectivity index (χ2v) is 8.02. The van der Waals surface area contributed by atoms with Gasteiger partial charge in [0.05, 0.1) is 0 Å². The molecule has 25 heavy (non-hydrogen) atoms. The summed E-state index contributed by atoms with van der Waals surface area (Å²) in [6.45, 7) is 1.84. The second-order valence-electron chi connectivity index (χ2n) is 8.02. The molecule has 1 aliphatic heterocycles. The van der Waals surface area contributed by atoms with E-state index < -0.39 is 6.61 Å². The predicted octanol–water partition coefficient (Wildman–Crippen LogP) is 3.95. The third-order valence-corrected chi connectivity index (χ3v) is 6.65. The van der Waals surface area contributed by atoms with E-state index in [-0.39, 0.29) is 12.6 Å². The predicted molar refractivity (Wildman–Crippen MR) is 103 cm³/mol. The molecule has 1 saturated heterocycles. The molecule has 1 aromatic rings. The van der Waals surface area contributed by atoms with Crippen molar-refractivity contribution >= 4 is 11.4 Å². The van der Waals surface area contributed by atoms with E-state index in [2.05, 4.69) is 23.1 Å². The van der Waals surface area contributed by atoms with Gasteiger partial charge in [-0.2, -0.15) is 0 Å². The van der Waals surface area contributed by atoms with Gasteiger partial charge in [0.1, 0.15) is 6.61 Å². The molecule has 0 radical (unpaired) electrons. The number of rotatable bonds is 3. The number of Topliss-reactive ketones (excluding diaryl/α,β-unsaturated/α-hetero) is 1. The molecular weight excluding hydrogens is 310 g/mol. The van der Waals surface area contributed by atoms with Crippen LogP contribution in [0.4, 0.5) is 0 Å². The SMILES string of the molecule is O=C(CO)C1=CC2(CCN(C3CCCCCC3)CC2)c2ccccc21.[HH].